The molecule has 1 aromatic heterocycles. The molecule has 9 heteroatoms. The zero-order chi connectivity index (χ0) is 14.8. The highest BCUT2D eigenvalue weighted by molar-refractivity contribution is 7.94. The van der Waals surface area contributed by atoms with E-state index in [4.69, 9.17) is 21.6 Å². The summed E-state index contributed by atoms with van der Waals surface area (Å²) in [5.74, 6) is 0.253. The van der Waals surface area contributed by atoms with Gasteiger partial charge in [0.1, 0.15) is 17.5 Å². The standard InChI is InChI=1S/C11H8ClN3O3S2/c1-18-8-4-2-3-7(5-13)10(8)15-20(16,17)9-6-14-11(12)19-9/h2-4,6,15H,1H3. The van der Waals surface area contributed by atoms with Crippen LogP contribution in [0.1, 0.15) is 5.56 Å². The number of para-hydroxylation sites is 1. The van der Waals surface area contributed by atoms with E-state index in [-0.39, 0.29) is 25.7 Å². The molecule has 2 rings (SSSR count). The molecule has 0 radical (unpaired) electrons. The van der Waals surface area contributed by atoms with E-state index >= 15 is 0 Å². The van der Waals surface area contributed by atoms with Crippen molar-refractivity contribution in [2.45, 2.75) is 4.21 Å². The Labute approximate surface area is 124 Å². The van der Waals surface area contributed by atoms with Crippen molar-refractivity contribution in [1.82, 2.24) is 4.98 Å². The topological polar surface area (TPSA) is 92.1 Å². The molecule has 0 unspecified atom stereocenters. The van der Waals surface area contributed by atoms with Gasteiger partial charge in [0.25, 0.3) is 10.0 Å². The van der Waals surface area contributed by atoms with Crippen LogP contribution in [0.4, 0.5) is 5.69 Å². The van der Waals surface area contributed by atoms with Crippen LogP contribution in [0.3, 0.4) is 0 Å². The van der Waals surface area contributed by atoms with E-state index in [1.807, 2.05) is 6.07 Å². The van der Waals surface area contributed by atoms with Crippen molar-refractivity contribution in [2.24, 2.45) is 0 Å². The summed E-state index contributed by atoms with van der Waals surface area (Å²) >= 11 is 6.45. The van der Waals surface area contributed by atoms with Gasteiger partial charge in [0.15, 0.2) is 8.68 Å². The predicted octanol–water partition coefficient (Wildman–Crippen LogP) is 2.48. The highest BCUT2D eigenvalue weighted by atomic mass is 35.5. The van der Waals surface area contributed by atoms with Crippen molar-refractivity contribution in [3.05, 3.63) is 34.4 Å². The number of hydrogen-bond acceptors (Lipinski definition) is 6. The van der Waals surface area contributed by atoms with Gasteiger partial charge in [0.05, 0.1) is 18.9 Å². The number of ether oxygens (including phenoxy) is 1. The maximum Gasteiger partial charge on any atom is 0.273 e. The molecule has 0 fully saturated rings. The number of benzene rings is 1. The van der Waals surface area contributed by atoms with Crippen molar-refractivity contribution >= 4 is 38.6 Å². The first kappa shape index (κ1) is 14.6. The number of nitrogens with one attached hydrogen (secondary N) is 1. The Bertz CT molecular complexity index is 780. The number of rotatable bonds is 4. The van der Waals surface area contributed by atoms with E-state index in [9.17, 15) is 8.42 Å². The highest BCUT2D eigenvalue weighted by Gasteiger charge is 2.21. The molecule has 20 heavy (non-hydrogen) atoms. The molecule has 0 saturated heterocycles. The maximum absolute atomic E-state index is 12.2. The Morgan fingerprint density at radius 1 is 1.50 bits per heavy atom. The minimum atomic E-state index is -3.87. The lowest BCUT2D eigenvalue weighted by molar-refractivity contribution is 0.417. The quantitative estimate of drug-likeness (QED) is 0.930. The summed E-state index contributed by atoms with van der Waals surface area (Å²) in [5, 5.41) is 9.04. The largest absolute Gasteiger partial charge is 0.495 e. The van der Waals surface area contributed by atoms with Gasteiger partial charge in [-0.1, -0.05) is 29.0 Å². The second kappa shape index (κ2) is 5.66. The fourth-order valence-corrected chi connectivity index (χ4v) is 3.83. The summed E-state index contributed by atoms with van der Waals surface area (Å²) in [6.45, 7) is 0. The SMILES string of the molecule is COc1cccc(C#N)c1NS(=O)(=O)c1cnc(Cl)s1. The Hall–Kier alpha value is -1.82. The van der Waals surface area contributed by atoms with Gasteiger partial charge in [-0.2, -0.15) is 5.26 Å². The molecule has 104 valence electrons. The number of sulfonamides is 1. The van der Waals surface area contributed by atoms with Gasteiger partial charge in [0.2, 0.25) is 0 Å². The third-order valence-electron chi connectivity index (χ3n) is 2.32. The van der Waals surface area contributed by atoms with Gasteiger partial charge in [-0.3, -0.25) is 4.72 Å². The number of methoxy groups -OCH3 is 1. The third-order valence-corrected chi connectivity index (χ3v) is 5.25. The van der Waals surface area contributed by atoms with Crippen LogP contribution in [0.5, 0.6) is 5.75 Å². The molecule has 1 N–H and O–H groups in total. The molecular weight excluding hydrogens is 322 g/mol. The van der Waals surface area contributed by atoms with Gasteiger partial charge < -0.3 is 4.74 Å². The maximum atomic E-state index is 12.2. The zero-order valence-electron chi connectivity index (χ0n) is 10.1. The minimum absolute atomic E-state index is 0.0442. The molecule has 1 aromatic carbocycles. The number of anilines is 1. The molecule has 0 atom stereocenters. The van der Waals surface area contributed by atoms with Crippen molar-refractivity contribution in [1.29, 1.82) is 5.26 Å². The van der Waals surface area contributed by atoms with E-state index in [0.717, 1.165) is 17.5 Å². The molecule has 0 aliphatic carbocycles. The van der Waals surface area contributed by atoms with Crippen molar-refractivity contribution < 1.29 is 13.2 Å². The van der Waals surface area contributed by atoms with Crippen LogP contribution >= 0.6 is 22.9 Å². The first-order valence-corrected chi connectivity index (χ1v) is 7.87. The average molecular weight is 330 g/mol. The van der Waals surface area contributed by atoms with Crippen molar-refractivity contribution in [2.75, 3.05) is 11.8 Å². The molecular formula is C11H8ClN3O3S2. The van der Waals surface area contributed by atoms with Crippen LogP contribution in [0.25, 0.3) is 0 Å². The van der Waals surface area contributed by atoms with Crippen LogP contribution < -0.4 is 9.46 Å². The van der Waals surface area contributed by atoms with Crippen LogP contribution in [0.15, 0.2) is 28.6 Å². The number of hydrogen-bond donors (Lipinski definition) is 1. The smallest absolute Gasteiger partial charge is 0.273 e. The molecule has 0 spiro atoms. The van der Waals surface area contributed by atoms with Gasteiger partial charge in [-0.15, -0.1) is 0 Å². The second-order valence-electron chi connectivity index (χ2n) is 3.53. The van der Waals surface area contributed by atoms with Crippen LogP contribution in [0.2, 0.25) is 4.47 Å². The Kier molecular flexibility index (Phi) is 4.13. The summed E-state index contributed by atoms with van der Waals surface area (Å²) in [4.78, 5) is 3.68. The average Bonchev–Trinajstić information content (AvgIpc) is 2.86. The summed E-state index contributed by atoms with van der Waals surface area (Å²) in [5.41, 5.74) is 0.241. The number of nitrogens with zero attached hydrogens (tertiary/aromatic N) is 2. The number of thiazole rings is 1. The Morgan fingerprint density at radius 2 is 2.25 bits per heavy atom. The van der Waals surface area contributed by atoms with Gasteiger partial charge in [-0.25, -0.2) is 13.4 Å². The van der Waals surface area contributed by atoms with E-state index < -0.39 is 10.0 Å². The Balaban J connectivity index is 2.47. The van der Waals surface area contributed by atoms with E-state index in [2.05, 4.69) is 9.71 Å². The van der Waals surface area contributed by atoms with Gasteiger partial charge in [-0.05, 0) is 12.1 Å². The Morgan fingerprint density at radius 3 is 2.80 bits per heavy atom. The lowest BCUT2D eigenvalue weighted by atomic mass is 10.2. The normalized spacial score (nSPS) is 10.8. The number of halogens is 1. The molecule has 1 heterocycles. The molecule has 0 bridgehead atoms. The predicted molar refractivity (Wildman–Crippen MR) is 75.6 cm³/mol. The lowest BCUT2D eigenvalue weighted by Crippen LogP contribution is -2.13. The summed E-state index contributed by atoms with van der Waals surface area (Å²) in [7, 11) is -2.48. The van der Waals surface area contributed by atoms with E-state index in [1.165, 1.54) is 13.2 Å². The van der Waals surface area contributed by atoms with Gasteiger partial charge >= 0.3 is 0 Å². The molecule has 0 aliphatic heterocycles. The van der Waals surface area contributed by atoms with E-state index in [1.54, 1.807) is 12.1 Å². The number of aromatic nitrogens is 1. The summed E-state index contributed by atoms with van der Waals surface area (Å²) in [6.07, 6.45) is 1.15. The monoisotopic (exact) mass is 329 g/mol. The highest BCUT2D eigenvalue weighted by Crippen LogP contribution is 2.31. The summed E-state index contributed by atoms with van der Waals surface area (Å²) < 4.78 is 31.8. The van der Waals surface area contributed by atoms with Crippen LogP contribution in [-0.4, -0.2) is 20.5 Å². The van der Waals surface area contributed by atoms with Crippen LogP contribution in [0, 0.1) is 11.3 Å². The molecule has 0 aliphatic rings. The van der Waals surface area contributed by atoms with Crippen molar-refractivity contribution in [3.63, 3.8) is 0 Å². The van der Waals surface area contributed by atoms with E-state index in [0.29, 0.717) is 0 Å². The molecule has 0 amide bonds. The van der Waals surface area contributed by atoms with Gasteiger partial charge in [0, 0.05) is 0 Å². The molecule has 6 nitrogen and oxygen atoms in total. The fraction of sp³-hybridized carbons (Fsp3) is 0.0909. The minimum Gasteiger partial charge on any atom is -0.495 e. The first-order chi connectivity index (χ1) is 9.47. The lowest BCUT2D eigenvalue weighted by Gasteiger charge is -2.11. The fourth-order valence-electron chi connectivity index (χ4n) is 1.45. The second-order valence-corrected chi connectivity index (χ2v) is 7.05. The number of nitriles is 1. The van der Waals surface area contributed by atoms with Crippen LogP contribution in [-0.2, 0) is 10.0 Å². The van der Waals surface area contributed by atoms with Crippen molar-refractivity contribution in [3.8, 4) is 11.8 Å². The molecule has 0 saturated carbocycles. The molecule has 2 aromatic rings. The zero-order valence-corrected chi connectivity index (χ0v) is 12.5. The third kappa shape index (κ3) is 2.85. The first-order valence-electron chi connectivity index (χ1n) is 5.19. The summed E-state index contributed by atoms with van der Waals surface area (Å²) in [6, 6.07) is 6.54.